The molecule has 3 rings (SSSR count). The fourth-order valence-corrected chi connectivity index (χ4v) is 3.05. The van der Waals surface area contributed by atoms with Crippen LogP contribution in [-0.4, -0.2) is 33.7 Å². The summed E-state index contributed by atoms with van der Waals surface area (Å²) in [7, 11) is 0. The quantitative estimate of drug-likeness (QED) is 0.825. The number of carbonyl (C=O) groups excluding carboxylic acids is 2. The van der Waals surface area contributed by atoms with Gasteiger partial charge in [-0.2, -0.15) is 0 Å². The highest BCUT2D eigenvalue weighted by Gasteiger charge is 2.36. The van der Waals surface area contributed by atoms with Gasteiger partial charge < -0.3 is 9.84 Å². The van der Waals surface area contributed by atoms with Crippen LogP contribution in [0.15, 0.2) is 59.5 Å². The first kappa shape index (κ1) is 16.8. The van der Waals surface area contributed by atoms with Crippen molar-refractivity contribution in [2.24, 2.45) is 0 Å². The summed E-state index contributed by atoms with van der Waals surface area (Å²) in [4.78, 5) is 35.6. The summed E-state index contributed by atoms with van der Waals surface area (Å²) in [6.07, 6.45) is 1.55. The van der Waals surface area contributed by atoms with Gasteiger partial charge in [0.2, 0.25) is 0 Å². The van der Waals surface area contributed by atoms with Gasteiger partial charge in [-0.05, 0) is 47.7 Å². The Kier molecular flexibility index (Phi) is 4.85. The van der Waals surface area contributed by atoms with Gasteiger partial charge in [0.25, 0.3) is 11.1 Å². The van der Waals surface area contributed by atoms with Crippen molar-refractivity contribution >= 4 is 35.0 Å². The number of rotatable bonds is 5. The fourth-order valence-electron chi connectivity index (χ4n) is 2.22. The second-order valence-corrected chi connectivity index (χ2v) is 6.14. The van der Waals surface area contributed by atoms with Gasteiger partial charge in [0.1, 0.15) is 18.0 Å². The van der Waals surface area contributed by atoms with Crippen LogP contribution in [0.3, 0.4) is 0 Å². The molecule has 1 fully saturated rings. The highest BCUT2D eigenvalue weighted by molar-refractivity contribution is 8.18. The largest absolute Gasteiger partial charge is 0.480 e. The molecule has 126 valence electrons. The maximum Gasteiger partial charge on any atom is 0.323 e. The Labute approximate surface area is 147 Å². The van der Waals surface area contributed by atoms with Crippen molar-refractivity contribution in [1.82, 2.24) is 4.90 Å². The van der Waals surface area contributed by atoms with Gasteiger partial charge in [-0.1, -0.05) is 30.3 Å². The predicted molar refractivity (Wildman–Crippen MR) is 93.3 cm³/mol. The van der Waals surface area contributed by atoms with E-state index in [0.29, 0.717) is 22.0 Å². The highest BCUT2D eigenvalue weighted by Crippen LogP contribution is 2.32. The lowest BCUT2D eigenvalue weighted by molar-refractivity contribution is -0.140. The van der Waals surface area contributed by atoms with Crippen molar-refractivity contribution in [1.29, 1.82) is 0 Å². The van der Waals surface area contributed by atoms with E-state index in [2.05, 4.69) is 0 Å². The molecule has 6 nitrogen and oxygen atoms in total. The van der Waals surface area contributed by atoms with Crippen LogP contribution in [0.2, 0.25) is 0 Å². The summed E-state index contributed by atoms with van der Waals surface area (Å²) < 4.78 is 5.73. The smallest absolute Gasteiger partial charge is 0.323 e. The SMILES string of the molecule is O=C(O)CN1C(=O)S/C(=C/c2cccc(Oc3ccccc3)c2)C1=O. The Morgan fingerprint density at radius 1 is 1.08 bits per heavy atom. The van der Waals surface area contributed by atoms with Gasteiger partial charge in [-0.25, -0.2) is 0 Å². The monoisotopic (exact) mass is 355 g/mol. The molecule has 0 unspecified atom stereocenters. The molecule has 0 atom stereocenters. The third kappa shape index (κ3) is 4.07. The average molecular weight is 355 g/mol. The zero-order chi connectivity index (χ0) is 17.8. The summed E-state index contributed by atoms with van der Waals surface area (Å²) in [5, 5.41) is 8.18. The zero-order valence-corrected chi connectivity index (χ0v) is 13.7. The van der Waals surface area contributed by atoms with Crippen LogP contribution in [0.4, 0.5) is 4.79 Å². The number of ether oxygens (including phenoxy) is 1. The van der Waals surface area contributed by atoms with E-state index >= 15 is 0 Å². The van der Waals surface area contributed by atoms with Gasteiger partial charge >= 0.3 is 5.97 Å². The van der Waals surface area contributed by atoms with E-state index in [4.69, 9.17) is 9.84 Å². The number of imide groups is 1. The molecule has 1 aliphatic heterocycles. The number of carboxylic acids is 1. The lowest BCUT2D eigenvalue weighted by Gasteiger charge is -2.08. The molecule has 2 aromatic carbocycles. The summed E-state index contributed by atoms with van der Waals surface area (Å²) in [6.45, 7) is -0.640. The number of para-hydroxylation sites is 1. The third-order valence-electron chi connectivity index (χ3n) is 3.30. The molecule has 0 saturated carbocycles. The first-order chi connectivity index (χ1) is 12.0. The van der Waals surface area contributed by atoms with Gasteiger partial charge in [0, 0.05) is 0 Å². The van der Waals surface area contributed by atoms with Crippen LogP contribution in [0.1, 0.15) is 5.56 Å². The topological polar surface area (TPSA) is 83.9 Å². The molecule has 25 heavy (non-hydrogen) atoms. The van der Waals surface area contributed by atoms with Crippen molar-refractivity contribution in [3.63, 3.8) is 0 Å². The number of thioether (sulfide) groups is 1. The standard InChI is InChI=1S/C18H13NO5S/c20-16(21)11-19-17(22)15(25-18(19)23)10-12-5-4-8-14(9-12)24-13-6-2-1-3-7-13/h1-10H,11H2,(H,20,21)/b15-10+. The maximum absolute atomic E-state index is 12.2. The van der Waals surface area contributed by atoms with Crippen LogP contribution in [0.5, 0.6) is 11.5 Å². The fraction of sp³-hybridized carbons (Fsp3) is 0.0556. The summed E-state index contributed by atoms with van der Waals surface area (Å²) in [5.74, 6) is -0.570. The molecule has 0 bridgehead atoms. The average Bonchev–Trinajstić information content (AvgIpc) is 2.83. The van der Waals surface area contributed by atoms with Gasteiger partial charge in [0.15, 0.2) is 0 Å². The second-order valence-electron chi connectivity index (χ2n) is 5.15. The van der Waals surface area contributed by atoms with Crippen LogP contribution >= 0.6 is 11.8 Å². The number of benzene rings is 2. The normalized spacial score (nSPS) is 15.7. The van der Waals surface area contributed by atoms with E-state index in [1.54, 1.807) is 30.3 Å². The van der Waals surface area contributed by atoms with Crippen molar-refractivity contribution in [2.45, 2.75) is 0 Å². The number of aliphatic carboxylic acids is 1. The number of hydrogen-bond donors (Lipinski definition) is 1. The molecule has 2 aromatic rings. The Bertz CT molecular complexity index is 863. The molecular formula is C18H13NO5S. The minimum absolute atomic E-state index is 0.183. The molecule has 1 aliphatic rings. The van der Waals surface area contributed by atoms with E-state index < -0.39 is 23.7 Å². The lowest BCUT2D eigenvalue weighted by Crippen LogP contribution is -2.33. The Balaban J connectivity index is 1.80. The predicted octanol–water partition coefficient (Wildman–Crippen LogP) is 3.60. The Morgan fingerprint density at radius 2 is 1.80 bits per heavy atom. The van der Waals surface area contributed by atoms with Crippen LogP contribution in [0, 0.1) is 0 Å². The number of carbonyl (C=O) groups is 3. The van der Waals surface area contributed by atoms with Gasteiger partial charge in [-0.3, -0.25) is 19.3 Å². The molecular weight excluding hydrogens is 342 g/mol. The van der Waals surface area contributed by atoms with E-state index in [0.717, 1.165) is 11.8 Å². The van der Waals surface area contributed by atoms with Crippen molar-refractivity contribution in [3.8, 4) is 11.5 Å². The van der Waals surface area contributed by atoms with Crippen LogP contribution in [-0.2, 0) is 9.59 Å². The number of carboxylic acid groups (broad SMARTS) is 1. The van der Waals surface area contributed by atoms with E-state index in [1.165, 1.54) is 0 Å². The van der Waals surface area contributed by atoms with Crippen LogP contribution < -0.4 is 4.74 Å². The molecule has 0 aromatic heterocycles. The molecule has 7 heteroatoms. The Morgan fingerprint density at radius 3 is 2.52 bits per heavy atom. The molecule has 1 heterocycles. The minimum Gasteiger partial charge on any atom is -0.480 e. The van der Waals surface area contributed by atoms with Crippen molar-refractivity contribution in [2.75, 3.05) is 6.54 Å². The summed E-state index contributed by atoms with van der Waals surface area (Å²) in [5.41, 5.74) is 0.675. The first-order valence-electron chi connectivity index (χ1n) is 7.33. The molecule has 2 amide bonds. The number of amides is 2. The van der Waals surface area contributed by atoms with E-state index in [9.17, 15) is 14.4 Å². The molecule has 0 radical (unpaired) electrons. The summed E-state index contributed by atoms with van der Waals surface area (Å²) >= 11 is 0.723. The molecule has 0 aliphatic carbocycles. The van der Waals surface area contributed by atoms with Crippen LogP contribution in [0.25, 0.3) is 6.08 Å². The summed E-state index contributed by atoms with van der Waals surface area (Å²) in [6, 6.07) is 16.3. The Hall–Kier alpha value is -3.06. The van der Waals surface area contributed by atoms with Crippen molar-refractivity contribution < 1.29 is 24.2 Å². The van der Waals surface area contributed by atoms with Gasteiger partial charge in [-0.15, -0.1) is 0 Å². The lowest BCUT2D eigenvalue weighted by atomic mass is 10.2. The van der Waals surface area contributed by atoms with E-state index in [1.807, 2.05) is 30.3 Å². The zero-order valence-electron chi connectivity index (χ0n) is 12.9. The highest BCUT2D eigenvalue weighted by atomic mass is 32.2. The minimum atomic E-state index is -1.23. The van der Waals surface area contributed by atoms with Gasteiger partial charge in [0.05, 0.1) is 4.91 Å². The second kappa shape index (κ2) is 7.23. The first-order valence-corrected chi connectivity index (χ1v) is 8.15. The van der Waals surface area contributed by atoms with E-state index in [-0.39, 0.29) is 4.91 Å². The van der Waals surface area contributed by atoms with Crippen molar-refractivity contribution in [3.05, 3.63) is 65.1 Å². The third-order valence-corrected chi connectivity index (χ3v) is 4.21. The molecule has 0 spiro atoms. The molecule has 1 saturated heterocycles. The molecule has 1 N–H and O–H groups in total. The maximum atomic E-state index is 12.2. The number of nitrogens with zero attached hydrogens (tertiary/aromatic N) is 1. The number of hydrogen-bond acceptors (Lipinski definition) is 5.